The lowest BCUT2D eigenvalue weighted by atomic mass is 9.83. The summed E-state index contributed by atoms with van der Waals surface area (Å²) in [5.74, 6) is 0. The third-order valence-corrected chi connectivity index (χ3v) is 6.09. The molecule has 0 aromatic heterocycles. The summed E-state index contributed by atoms with van der Waals surface area (Å²) in [6.45, 7) is 0. The Hall–Kier alpha value is -3.47. The van der Waals surface area contributed by atoms with Gasteiger partial charge in [0.25, 0.3) is 0 Å². The van der Waals surface area contributed by atoms with Crippen LogP contribution in [-0.2, 0) is 0 Å². The molecule has 0 aliphatic carbocycles. The highest BCUT2D eigenvalue weighted by Crippen LogP contribution is 2.45. The molecule has 0 bridgehead atoms. The van der Waals surface area contributed by atoms with Crippen LogP contribution in [0.25, 0.3) is 44.5 Å². The molecule has 0 aliphatic rings. The Bertz CT molecular complexity index is 1290. The zero-order valence-corrected chi connectivity index (χ0v) is 18.4. The van der Waals surface area contributed by atoms with E-state index < -0.39 is 0 Å². The summed E-state index contributed by atoms with van der Waals surface area (Å²) >= 11 is 0. The Labute approximate surface area is 186 Å². The van der Waals surface area contributed by atoms with E-state index in [1.54, 1.807) is 0 Å². The summed E-state index contributed by atoms with van der Waals surface area (Å²) in [5, 5.41) is 1.20. The highest BCUT2D eigenvalue weighted by atomic mass is 31.0. The molecule has 0 radical (unpaired) electrons. The van der Waals surface area contributed by atoms with Crippen molar-refractivity contribution >= 4 is 14.5 Å². The van der Waals surface area contributed by atoms with E-state index in [4.69, 9.17) is 0 Å². The second-order valence-electron chi connectivity index (χ2n) is 7.60. The van der Waals surface area contributed by atoms with Gasteiger partial charge < -0.3 is 0 Å². The van der Waals surface area contributed by atoms with Crippen LogP contribution in [0.3, 0.4) is 0 Å². The smallest absolute Gasteiger partial charge is 0.00143 e. The highest BCUT2D eigenvalue weighted by Gasteiger charge is 2.21. The summed E-state index contributed by atoms with van der Waals surface area (Å²) in [5.41, 5.74) is 9.94. The van der Waals surface area contributed by atoms with Gasteiger partial charge in [-0.2, -0.15) is 0 Å². The molecule has 0 spiro atoms. The van der Waals surface area contributed by atoms with E-state index in [-0.39, 0.29) is 0 Å². The van der Waals surface area contributed by atoms with Crippen LogP contribution in [0.15, 0.2) is 127 Å². The van der Waals surface area contributed by atoms with Crippen molar-refractivity contribution in [3.05, 3.63) is 127 Å². The molecule has 148 valence electrons. The zero-order chi connectivity index (χ0) is 21.0. The molecule has 5 rings (SSSR count). The van der Waals surface area contributed by atoms with Gasteiger partial charge in [0.15, 0.2) is 0 Å². The van der Waals surface area contributed by atoms with Gasteiger partial charge in [-0.25, -0.2) is 0 Å². The van der Waals surface area contributed by atoms with Gasteiger partial charge in [0.1, 0.15) is 0 Å². The standard InChI is InChI=1S/C30H23P/c31-27-21-26(22-13-5-1-6-14-22)28(23-15-7-2-8-16-23)30(25-19-11-4-12-20-25)29(27)24-17-9-3-10-18-24/h1-21H,31H2. The third kappa shape index (κ3) is 3.83. The Morgan fingerprint density at radius 3 is 1.16 bits per heavy atom. The van der Waals surface area contributed by atoms with Crippen molar-refractivity contribution in [2.45, 2.75) is 0 Å². The first-order valence-corrected chi connectivity index (χ1v) is 11.1. The van der Waals surface area contributed by atoms with E-state index in [1.165, 1.54) is 49.8 Å². The predicted octanol–water partition coefficient (Wildman–Crippen LogP) is 7.86. The first kappa shape index (κ1) is 19.5. The van der Waals surface area contributed by atoms with Crippen molar-refractivity contribution in [3.8, 4) is 44.5 Å². The fourth-order valence-corrected chi connectivity index (χ4v) is 4.74. The largest absolute Gasteiger partial charge is 0.105 e. The van der Waals surface area contributed by atoms with E-state index in [2.05, 4.69) is 137 Å². The summed E-state index contributed by atoms with van der Waals surface area (Å²) in [7, 11) is 2.99. The van der Waals surface area contributed by atoms with Gasteiger partial charge >= 0.3 is 0 Å². The SMILES string of the molecule is Pc1cc(-c2ccccc2)c(-c2ccccc2)c(-c2ccccc2)c1-c1ccccc1. The molecule has 1 atom stereocenters. The average Bonchev–Trinajstić information content (AvgIpc) is 2.85. The Balaban J connectivity index is 1.95. The van der Waals surface area contributed by atoms with Crippen LogP contribution in [0.2, 0.25) is 0 Å². The fourth-order valence-electron chi connectivity index (χ4n) is 4.26. The molecular weight excluding hydrogens is 391 g/mol. The van der Waals surface area contributed by atoms with Crippen molar-refractivity contribution in [1.29, 1.82) is 0 Å². The molecular formula is C30H23P. The van der Waals surface area contributed by atoms with Crippen LogP contribution >= 0.6 is 9.24 Å². The second kappa shape index (κ2) is 8.72. The third-order valence-electron chi connectivity index (χ3n) is 5.63. The summed E-state index contributed by atoms with van der Waals surface area (Å²) < 4.78 is 0. The lowest BCUT2D eigenvalue weighted by molar-refractivity contribution is 1.56. The molecule has 0 amide bonds. The van der Waals surface area contributed by atoms with Gasteiger partial charge in [0, 0.05) is 0 Å². The number of benzene rings is 5. The van der Waals surface area contributed by atoms with Crippen LogP contribution < -0.4 is 5.30 Å². The molecule has 31 heavy (non-hydrogen) atoms. The zero-order valence-electron chi connectivity index (χ0n) is 17.2. The van der Waals surface area contributed by atoms with Crippen molar-refractivity contribution in [1.82, 2.24) is 0 Å². The first-order chi connectivity index (χ1) is 15.3. The lowest BCUT2D eigenvalue weighted by Gasteiger charge is -2.22. The quantitative estimate of drug-likeness (QED) is 0.263. The summed E-state index contributed by atoms with van der Waals surface area (Å²) in [6, 6.07) is 45.2. The second-order valence-corrected chi connectivity index (χ2v) is 8.22. The van der Waals surface area contributed by atoms with Crippen LogP contribution in [0, 0.1) is 0 Å². The molecule has 0 saturated heterocycles. The van der Waals surface area contributed by atoms with Crippen LogP contribution in [0.4, 0.5) is 0 Å². The van der Waals surface area contributed by atoms with Crippen LogP contribution in [-0.4, -0.2) is 0 Å². The first-order valence-electron chi connectivity index (χ1n) is 10.5. The normalized spacial score (nSPS) is 10.7. The topological polar surface area (TPSA) is 0 Å². The van der Waals surface area contributed by atoms with Crippen molar-refractivity contribution < 1.29 is 0 Å². The van der Waals surface area contributed by atoms with Gasteiger partial charge in [0.2, 0.25) is 0 Å². The van der Waals surface area contributed by atoms with E-state index >= 15 is 0 Å². The summed E-state index contributed by atoms with van der Waals surface area (Å²) in [4.78, 5) is 0. The van der Waals surface area contributed by atoms with Crippen molar-refractivity contribution in [3.63, 3.8) is 0 Å². The summed E-state index contributed by atoms with van der Waals surface area (Å²) in [6.07, 6.45) is 0. The average molecular weight is 414 g/mol. The minimum atomic E-state index is 1.20. The lowest BCUT2D eigenvalue weighted by Crippen LogP contribution is -2.05. The van der Waals surface area contributed by atoms with Gasteiger partial charge in [-0.15, -0.1) is 9.24 Å². The van der Waals surface area contributed by atoms with Crippen molar-refractivity contribution in [2.75, 3.05) is 0 Å². The van der Waals surface area contributed by atoms with Crippen LogP contribution in [0.5, 0.6) is 0 Å². The van der Waals surface area contributed by atoms with E-state index in [0.717, 1.165) is 0 Å². The number of rotatable bonds is 4. The monoisotopic (exact) mass is 414 g/mol. The molecule has 0 N–H and O–H groups in total. The fraction of sp³-hybridized carbons (Fsp3) is 0. The maximum absolute atomic E-state index is 2.99. The molecule has 0 fully saturated rings. The molecule has 0 saturated carbocycles. The maximum atomic E-state index is 2.99. The van der Waals surface area contributed by atoms with Gasteiger partial charge in [0.05, 0.1) is 0 Å². The Morgan fingerprint density at radius 1 is 0.355 bits per heavy atom. The van der Waals surface area contributed by atoms with E-state index in [0.29, 0.717) is 0 Å². The molecule has 0 nitrogen and oxygen atoms in total. The van der Waals surface area contributed by atoms with Crippen molar-refractivity contribution in [2.24, 2.45) is 0 Å². The van der Waals surface area contributed by atoms with Gasteiger partial charge in [-0.05, 0) is 55.9 Å². The molecule has 5 aromatic carbocycles. The maximum Gasteiger partial charge on any atom is -0.00143 e. The Kier molecular flexibility index (Phi) is 5.48. The Morgan fingerprint density at radius 2 is 0.710 bits per heavy atom. The predicted molar refractivity (Wildman–Crippen MR) is 138 cm³/mol. The minimum absolute atomic E-state index is 1.20. The molecule has 0 heterocycles. The van der Waals surface area contributed by atoms with Gasteiger partial charge in [-0.3, -0.25) is 0 Å². The van der Waals surface area contributed by atoms with Crippen LogP contribution in [0.1, 0.15) is 0 Å². The molecule has 0 aliphatic heterocycles. The van der Waals surface area contributed by atoms with E-state index in [1.807, 2.05) is 0 Å². The molecule has 5 aromatic rings. The van der Waals surface area contributed by atoms with E-state index in [9.17, 15) is 0 Å². The van der Waals surface area contributed by atoms with Gasteiger partial charge in [-0.1, -0.05) is 121 Å². The number of hydrogen-bond acceptors (Lipinski definition) is 0. The minimum Gasteiger partial charge on any atom is -0.105 e. The highest BCUT2D eigenvalue weighted by molar-refractivity contribution is 7.28. The number of hydrogen-bond donors (Lipinski definition) is 0. The molecule has 1 unspecified atom stereocenters. The molecule has 1 heteroatoms.